The molecule has 2 amide bonds. The molecule has 3 aromatic carbocycles. The van der Waals surface area contributed by atoms with E-state index in [1.807, 2.05) is 20.8 Å². The minimum atomic E-state index is -4.13. The lowest BCUT2D eigenvalue weighted by atomic mass is 10.1. The Bertz CT molecular complexity index is 1370. The standard InChI is InChI=1S/C29H34FN3O4S/c1-20(2)31-29(35)23(5)32(18-24-12-14-25(30)15-13-24)28(34)19-33(27-9-7-6-8-22(27)4)38(36,37)26-16-10-21(3)11-17-26/h6-17,20,23H,18-19H2,1-5H3,(H,31,35). The molecule has 1 unspecified atom stereocenters. The highest BCUT2D eigenvalue weighted by molar-refractivity contribution is 7.92. The summed E-state index contributed by atoms with van der Waals surface area (Å²) in [6.07, 6.45) is 0. The highest BCUT2D eigenvalue weighted by atomic mass is 32.2. The Morgan fingerprint density at radius 1 is 0.895 bits per heavy atom. The van der Waals surface area contributed by atoms with E-state index in [-0.39, 0.29) is 23.4 Å². The molecule has 0 fully saturated rings. The van der Waals surface area contributed by atoms with E-state index in [0.717, 1.165) is 9.87 Å². The third-order valence-electron chi connectivity index (χ3n) is 6.14. The van der Waals surface area contributed by atoms with Crippen LogP contribution in [0.2, 0.25) is 0 Å². The number of halogens is 1. The molecular weight excluding hydrogens is 505 g/mol. The molecule has 0 aliphatic rings. The van der Waals surface area contributed by atoms with Gasteiger partial charge in [0, 0.05) is 12.6 Å². The second-order valence-corrected chi connectivity index (χ2v) is 11.5. The molecule has 3 rings (SSSR count). The van der Waals surface area contributed by atoms with Crippen molar-refractivity contribution in [2.24, 2.45) is 0 Å². The average Bonchev–Trinajstić information content (AvgIpc) is 2.86. The number of rotatable bonds is 10. The van der Waals surface area contributed by atoms with Crippen molar-refractivity contribution in [3.63, 3.8) is 0 Å². The number of benzene rings is 3. The lowest BCUT2D eigenvalue weighted by Gasteiger charge is -2.32. The molecule has 3 aromatic rings. The number of carbonyl (C=O) groups excluding carboxylic acids is 2. The number of carbonyl (C=O) groups is 2. The van der Waals surface area contributed by atoms with E-state index in [9.17, 15) is 22.4 Å². The van der Waals surface area contributed by atoms with Gasteiger partial charge in [-0.2, -0.15) is 0 Å². The highest BCUT2D eigenvalue weighted by Gasteiger charge is 2.33. The predicted molar refractivity (Wildman–Crippen MR) is 147 cm³/mol. The maximum Gasteiger partial charge on any atom is 0.264 e. The molecule has 0 aromatic heterocycles. The summed E-state index contributed by atoms with van der Waals surface area (Å²) < 4.78 is 42.3. The molecule has 0 bridgehead atoms. The Morgan fingerprint density at radius 3 is 2.08 bits per heavy atom. The fraction of sp³-hybridized carbons (Fsp3) is 0.310. The SMILES string of the molecule is Cc1ccc(S(=O)(=O)N(CC(=O)N(Cc2ccc(F)cc2)C(C)C(=O)NC(C)C)c2ccccc2C)cc1. The fourth-order valence-corrected chi connectivity index (χ4v) is 5.45. The van der Waals surface area contributed by atoms with Crippen molar-refractivity contribution in [3.8, 4) is 0 Å². The zero-order valence-corrected chi connectivity index (χ0v) is 23.1. The average molecular weight is 540 g/mol. The van der Waals surface area contributed by atoms with Crippen LogP contribution < -0.4 is 9.62 Å². The number of aryl methyl sites for hydroxylation is 2. The van der Waals surface area contributed by atoms with Gasteiger partial charge in [-0.05, 0) is 76.1 Å². The van der Waals surface area contributed by atoms with Gasteiger partial charge >= 0.3 is 0 Å². The number of sulfonamides is 1. The molecular formula is C29H34FN3O4S. The van der Waals surface area contributed by atoms with Gasteiger partial charge in [0.2, 0.25) is 11.8 Å². The van der Waals surface area contributed by atoms with Gasteiger partial charge < -0.3 is 10.2 Å². The molecule has 0 aliphatic heterocycles. The topological polar surface area (TPSA) is 86.8 Å². The Morgan fingerprint density at radius 2 is 1.50 bits per heavy atom. The monoisotopic (exact) mass is 539 g/mol. The first-order valence-corrected chi connectivity index (χ1v) is 13.8. The number of nitrogens with zero attached hydrogens (tertiary/aromatic N) is 2. The van der Waals surface area contributed by atoms with Gasteiger partial charge in [0.05, 0.1) is 10.6 Å². The second-order valence-electron chi connectivity index (χ2n) is 9.60. The Hall–Kier alpha value is -3.72. The third kappa shape index (κ3) is 6.98. The minimum Gasteiger partial charge on any atom is -0.352 e. The summed E-state index contributed by atoms with van der Waals surface area (Å²) in [6, 6.07) is 17.9. The first kappa shape index (κ1) is 28.8. The van der Waals surface area contributed by atoms with Gasteiger partial charge in [0.15, 0.2) is 0 Å². The maximum atomic E-state index is 13.8. The molecule has 0 aliphatic carbocycles. The van der Waals surface area contributed by atoms with Gasteiger partial charge in [-0.15, -0.1) is 0 Å². The first-order chi connectivity index (χ1) is 17.9. The summed E-state index contributed by atoms with van der Waals surface area (Å²) >= 11 is 0. The summed E-state index contributed by atoms with van der Waals surface area (Å²) in [4.78, 5) is 28.1. The molecule has 0 saturated carbocycles. The quantitative estimate of drug-likeness (QED) is 0.409. The van der Waals surface area contributed by atoms with Crippen LogP contribution in [-0.4, -0.2) is 43.8 Å². The normalized spacial score (nSPS) is 12.2. The van der Waals surface area contributed by atoms with Crippen molar-refractivity contribution in [3.05, 3.63) is 95.3 Å². The van der Waals surface area contributed by atoms with E-state index in [1.54, 1.807) is 50.2 Å². The second kappa shape index (κ2) is 12.2. The molecule has 0 saturated heterocycles. The van der Waals surface area contributed by atoms with Gasteiger partial charge in [-0.3, -0.25) is 13.9 Å². The van der Waals surface area contributed by atoms with Crippen molar-refractivity contribution < 1.29 is 22.4 Å². The summed E-state index contributed by atoms with van der Waals surface area (Å²) in [5, 5.41) is 2.80. The summed E-state index contributed by atoms with van der Waals surface area (Å²) in [5.41, 5.74) is 2.54. The summed E-state index contributed by atoms with van der Waals surface area (Å²) in [7, 11) is -4.13. The molecule has 1 N–H and O–H groups in total. The van der Waals surface area contributed by atoms with Crippen molar-refractivity contribution in [2.75, 3.05) is 10.8 Å². The molecule has 38 heavy (non-hydrogen) atoms. The summed E-state index contributed by atoms with van der Waals surface area (Å²) in [6.45, 7) is 8.31. The zero-order valence-electron chi connectivity index (χ0n) is 22.3. The van der Waals surface area contributed by atoms with Crippen molar-refractivity contribution >= 4 is 27.5 Å². The van der Waals surface area contributed by atoms with Crippen LogP contribution in [0, 0.1) is 19.7 Å². The first-order valence-electron chi connectivity index (χ1n) is 12.4. The van der Waals surface area contributed by atoms with Crippen LogP contribution in [0.1, 0.15) is 37.5 Å². The molecule has 0 radical (unpaired) electrons. The van der Waals surface area contributed by atoms with E-state index in [0.29, 0.717) is 16.8 Å². The van der Waals surface area contributed by atoms with E-state index in [2.05, 4.69) is 5.32 Å². The Kier molecular flexibility index (Phi) is 9.27. The van der Waals surface area contributed by atoms with Gasteiger partial charge in [0.1, 0.15) is 18.4 Å². The van der Waals surface area contributed by atoms with Crippen molar-refractivity contribution in [1.82, 2.24) is 10.2 Å². The fourth-order valence-electron chi connectivity index (χ4n) is 3.97. The van der Waals surface area contributed by atoms with Gasteiger partial charge in [-0.25, -0.2) is 12.8 Å². The Balaban J connectivity index is 2.04. The van der Waals surface area contributed by atoms with Crippen molar-refractivity contribution in [1.29, 1.82) is 0 Å². The van der Waals surface area contributed by atoms with Crippen LogP contribution in [0.3, 0.4) is 0 Å². The lowest BCUT2D eigenvalue weighted by Crippen LogP contribution is -2.52. The number of hydrogen-bond donors (Lipinski definition) is 1. The summed E-state index contributed by atoms with van der Waals surface area (Å²) in [5.74, 6) is -1.37. The van der Waals surface area contributed by atoms with E-state index in [4.69, 9.17) is 0 Å². The smallest absolute Gasteiger partial charge is 0.264 e. The molecule has 7 nitrogen and oxygen atoms in total. The molecule has 9 heteroatoms. The van der Waals surface area contributed by atoms with Gasteiger partial charge in [0.25, 0.3) is 10.0 Å². The van der Waals surface area contributed by atoms with E-state index >= 15 is 0 Å². The zero-order chi connectivity index (χ0) is 28.0. The third-order valence-corrected chi connectivity index (χ3v) is 7.91. The molecule has 202 valence electrons. The largest absolute Gasteiger partial charge is 0.352 e. The maximum absolute atomic E-state index is 13.8. The predicted octanol–water partition coefficient (Wildman–Crippen LogP) is 4.58. The number of anilines is 1. The van der Waals surface area contributed by atoms with E-state index in [1.165, 1.54) is 41.3 Å². The van der Waals surface area contributed by atoms with Crippen molar-refractivity contribution in [2.45, 2.75) is 58.1 Å². The molecule has 0 spiro atoms. The van der Waals surface area contributed by atoms with Crippen LogP contribution in [0.15, 0.2) is 77.7 Å². The number of para-hydroxylation sites is 1. The van der Waals surface area contributed by atoms with Crippen LogP contribution in [0.4, 0.5) is 10.1 Å². The van der Waals surface area contributed by atoms with Gasteiger partial charge in [-0.1, -0.05) is 48.0 Å². The molecule has 0 heterocycles. The Labute approximate surface area is 224 Å². The lowest BCUT2D eigenvalue weighted by molar-refractivity contribution is -0.139. The molecule has 1 atom stereocenters. The number of amides is 2. The van der Waals surface area contributed by atoms with Crippen LogP contribution in [0.25, 0.3) is 0 Å². The van der Waals surface area contributed by atoms with E-state index < -0.39 is 34.3 Å². The number of nitrogens with one attached hydrogen (secondary N) is 1. The van der Waals surface area contributed by atoms with Crippen LogP contribution in [-0.2, 0) is 26.2 Å². The number of hydrogen-bond acceptors (Lipinski definition) is 4. The highest BCUT2D eigenvalue weighted by Crippen LogP contribution is 2.27. The van der Waals surface area contributed by atoms with Crippen LogP contribution in [0.5, 0.6) is 0 Å². The minimum absolute atomic E-state index is 0.00200. The van der Waals surface area contributed by atoms with Crippen LogP contribution >= 0.6 is 0 Å².